The van der Waals surface area contributed by atoms with Gasteiger partial charge in [-0.25, -0.2) is 0 Å². The largest absolute Gasteiger partial charge is 0.494 e. The third-order valence-electron chi connectivity index (χ3n) is 5.57. The Bertz CT molecular complexity index is 936. The molecule has 0 saturated heterocycles. The van der Waals surface area contributed by atoms with E-state index in [1.807, 2.05) is 12.1 Å². The summed E-state index contributed by atoms with van der Waals surface area (Å²) in [5.41, 5.74) is 4.69. The Hall–Kier alpha value is -3.07. The first-order chi connectivity index (χ1) is 14.8. The predicted molar refractivity (Wildman–Crippen MR) is 125 cm³/mol. The van der Waals surface area contributed by atoms with Crippen molar-refractivity contribution in [3.63, 3.8) is 0 Å². The van der Waals surface area contributed by atoms with E-state index < -0.39 is 0 Å². The number of hydrogen-bond acceptors (Lipinski definition) is 3. The second-order valence-corrected chi connectivity index (χ2v) is 7.79. The van der Waals surface area contributed by atoms with Crippen LogP contribution in [0.4, 0.5) is 5.69 Å². The van der Waals surface area contributed by atoms with Crippen LogP contribution in [0.25, 0.3) is 0 Å². The van der Waals surface area contributed by atoms with E-state index in [9.17, 15) is 0 Å². The lowest BCUT2D eigenvalue weighted by Gasteiger charge is -2.24. The number of anilines is 1. The highest BCUT2D eigenvalue weighted by Crippen LogP contribution is 2.37. The number of hydrazone groups is 1. The molecule has 0 radical (unpaired) electrons. The molecular formula is C27H30N2O. The van der Waals surface area contributed by atoms with Crippen molar-refractivity contribution in [3.8, 4) is 5.75 Å². The third-order valence-corrected chi connectivity index (χ3v) is 5.57. The molecule has 3 aromatic rings. The summed E-state index contributed by atoms with van der Waals surface area (Å²) in [7, 11) is 0. The van der Waals surface area contributed by atoms with Gasteiger partial charge in [-0.3, -0.25) is 5.01 Å². The molecular weight excluding hydrogens is 368 g/mol. The summed E-state index contributed by atoms with van der Waals surface area (Å²) < 4.78 is 5.93. The van der Waals surface area contributed by atoms with Crippen molar-refractivity contribution < 1.29 is 4.74 Å². The normalized spacial score (nSPS) is 15.8. The molecule has 0 saturated carbocycles. The Kier molecular flexibility index (Phi) is 6.81. The van der Waals surface area contributed by atoms with Gasteiger partial charge in [0.15, 0.2) is 0 Å². The number of benzene rings is 3. The summed E-state index contributed by atoms with van der Waals surface area (Å²) in [5, 5.41) is 7.16. The van der Waals surface area contributed by atoms with Crippen LogP contribution in [0.5, 0.6) is 5.75 Å². The maximum Gasteiger partial charge on any atom is 0.119 e. The minimum atomic E-state index is 0.182. The molecule has 0 fully saturated rings. The highest BCUT2D eigenvalue weighted by molar-refractivity contribution is 6.03. The summed E-state index contributed by atoms with van der Waals surface area (Å²) in [6.45, 7) is 3.02. The van der Waals surface area contributed by atoms with E-state index in [0.717, 1.165) is 36.6 Å². The van der Waals surface area contributed by atoms with Gasteiger partial charge in [0.2, 0.25) is 0 Å². The fourth-order valence-corrected chi connectivity index (χ4v) is 3.90. The highest BCUT2D eigenvalue weighted by atomic mass is 16.5. The van der Waals surface area contributed by atoms with Gasteiger partial charge in [0, 0.05) is 6.42 Å². The van der Waals surface area contributed by atoms with Gasteiger partial charge in [-0.2, -0.15) is 5.10 Å². The maximum atomic E-state index is 5.93. The molecule has 0 amide bonds. The fraction of sp³-hybridized carbons (Fsp3) is 0.296. The van der Waals surface area contributed by atoms with E-state index in [2.05, 4.69) is 84.7 Å². The van der Waals surface area contributed by atoms with Gasteiger partial charge in [-0.1, -0.05) is 86.8 Å². The van der Waals surface area contributed by atoms with Crippen molar-refractivity contribution in [1.82, 2.24) is 0 Å². The summed E-state index contributed by atoms with van der Waals surface area (Å²) in [6.07, 6.45) is 5.77. The molecule has 1 heterocycles. The first-order valence-electron chi connectivity index (χ1n) is 11.0. The predicted octanol–water partition coefficient (Wildman–Crippen LogP) is 7.00. The average molecular weight is 399 g/mol. The smallest absolute Gasteiger partial charge is 0.119 e. The molecule has 154 valence electrons. The van der Waals surface area contributed by atoms with E-state index in [1.165, 1.54) is 30.4 Å². The minimum absolute atomic E-state index is 0.182. The molecule has 1 unspecified atom stereocenters. The topological polar surface area (TPSA) is 24.8 Å². The van der Waals surface area contributed by atoms with Gasteiger partial charge in [0.05, 0.1) is 24.0 Å². The van der Waals surface area contributed by atoms with Crippen LogP contribution >= 0.6 is 0 Å². The van der Waals surface area contributed by atoms with Crippen LogP contribution in [0.2, 0.25) is 0 Å². The molecule has 3 heteroatoms. The molecule has 0 spiro atoms. The van der Waals surface area contributed by atoms with Crippen LogP contribution in [0, 0.1) is 0 Å². The second-order valence-electron chi connectivity index (χ2n) is 7.79. The van der Waals surface area contributed by atoms with Crippen LogP contribution in [-0.4, -0.2) is 12.3 Å². The Morgan fingerprint density at radius 1 is 0.833 bits per heavy atom. The zero-order chi connectivity index (χ0) is 20.6. The first kappa shape index (κ1) is 20.2. The Balaban J connectivity index is 1.50. The van der Waals surface area contributed by atoms with E-state index >= 15 is 0 Å². The maximum absolute atomic E-state index is 5.93. The molecule has 4 rings (SSSR count). The summed E-state index contributed by atoms with van der Waals surface area (Å²) in [5.74, 6) is 0.948. The van der Waals surface area contributed by atoms with Crippen molar-refractivity contribution in [1.29, 1.82) is 0 Å². The van der Waals surface area contributed by atoms with Crippen LogP contribution in [0.15, 0.2) is 90.0 Å². The van der Waals surface area contributed by atoms with Gasteiger partial charge in [0.1, 0.15) is 5.75 Å². The van der Waals surface area contributed by atoms with Gasteiger partial charge < -0.3 is 4.74 Å². The monoisotopic (exact) mass is 398 g/mol. The number of ether oxygens (including phenoxy) is 1. The summed E-state index contributed by atoms with van der Waals surface area (Å²) in [4.78, 5) is 0. The van der Waals surface area contributed by atoms with Crippen molar-refractivity contribution in [2.45, 2.75) is 45.1 Å². The number of hydrogen-bond donors (Lipinski definition) is 0. The second kappa shape index (κ2) is 10.1. The molecule has 1 atom stereocenters. The fourth-order valence-electron chi connectivity index (χ4n) is 3.90. The molecule has 3 aromatic carbocycles. The van der Waals surface area contributed by atoms with Crippen molar-refractivity contribution in [2.75, 3.05) is 11.6 Å². The van der Waals surface area contributed by atoms with Gasteiger partial charge >= 0.3 is 0 Å². The summed E-state index contributed by atoms with van der Waals surface area (Å²) in [6, 6.07) is 29.6. The molecule has 0 aromatic heterocycles. The minimum Gasteiger partial charge on any atom is -0.494 e. The Morgan fingerprint density at radius 3 is 2.23 bits per heavy atom. The number of unbranched alkanes of at least 4 members (excludes halogenated alkanes) is 3. The van der Waals surface area contributed by atoms with Crippen molar-refractivity contribution in [3.05, 3.63) is 96.1 Å². The molecule has 3 nitrogen and oxygen atoms in total. The molecule has 1 aliphatic rings. The van der Waals surface area contributed by atoms with Crippen LogP contribution in [-0.2, 0) is 0 Å². The number of rotatable bonds is 9. The highest BCUT2D eigenvalue weighted by Gasteiger charge is 2.29. The van der Waals surface area contributed by atoms with E-state index in [1.54, 1.807) is 0 Å². The molecule has 0 aliphatic carbocycles. The molecule has 30 heavy (non-hydrogen) atoms. The Labute approximate surface area is 180 Å². The molecule has 0 N–H and O–H groups in total. The SMILES string of the molecule is CCCCCCOc1ccc(C2CC(c3ccccc3)=NN2c2ccccc2)cc1. The van der Waals surface area contributed by atoms with Gasteiger partial charge in [-0.15, -0.1) is 0 Å². The standard InChI is InChI=1S/C27H30N2O/c1-2-3-4-11-20-30-25-18-16-23(17-19-25)27-21-26(22-12-7-5-8-13-22)28-29(27)24-14-9-6-10-15-24/h5-10,12-19,27H,2-4,11,20-21H2,1H3. The van der Waals surface area contributed by atoms with Crippen LogP contribution in [0.3, 0.4) is 0 Å². The lowest BCUT2D eigenvalue weighted by molar-refractivity contribution is 0.305. The van der Waals surface area contributed by atoms with E-state index in [4.69, 9.17) is 9.84 Å². The van der Waals surface area contributed by atoms with Crippen molar-refractivity contribution >= 4 is 11.4 Å². The zero-order valence-electron chi connectivity index (χ0n) is 17.7. The lowest BCUT2D eigenvalue weighted by atomic mass is 9.98. The first-order valence-corrected chi connectivity index (χ1v) is 11.0. The zero-order valence-corrected chi connectivity index (χ0v) is 17.7. The lowest BCUT2D eigenvalue weighted by Crippen LogP contribution is -2.18. The van der Waals surface area contributed by atoms with Gasteiger partial charge in [0.25, 0.3) is 0 Å². The van der Waals surface area contributed by atoms with E-state index in [0.29, 0.717) is 0 Å². The van der Waals surface area contributed by atoms with Crippen LogP contribution < -0.4 is 9.75 Å². The Morgan fingerprint density at radius 2 is 1.53 bits per heavy atom. The molecule has 1 aliphatic heterocycles. The van der Waals surface area contributed by atoms with Gasteiger partial charge in [-0.05, 0) is 41.8 Å². The number of para-hydroxylation sites is 1. The molecule has 0 bridgehead atoms. The third kappa shape index (κ3) is 4.91. The quantitative estimate of drug-likeness (QED) is 0.362. The number of nitrogens with zero attached hydrogens (tertiary/aromatic N) is 2. The van der Waals surface area contributed by atoms with Crippen molar-refractivity contribution in [2.24, 2.45) is 5.10 Å². The van der Waals surface area contributed by atoms with Crippen LogP contribution in [0.1, 0.15) is 56.2 Å². The summed E-state index contributed by atoms with van der Waals surface area (Å²) >= 11 is 0. The average Bonchev–Trinajstić information content (AvgIpc) is 3.26. The van der Waals surface area contributed by atoms with E-state index in [-0.39, 0.29) is 6.04 Å².